The molecule has 2 N–H and O–H groups in total. The first kappa shape index (κ1) is 11.4. The van der Waals surface area contributed by atoms with Crippen molar-refractivity contribution in [3.05, 3.63) is 30.3 Å². The number of thiocarbonyl (C=S) groups is 1. The third-order valence-electron chi connectivity index (χ3n) is 3.10. The molecule has 1 aromatic carbocycles. The van der Waals surface area contributed by atoms with E-state index in [1.54, 1.807) is 0 Å². The normalized spacial score (nSPS) is 18.6. The summed E-state index contributed by atoms with van der Waals surface area (Å²) < 4.78 is 0. The maximum atomic E-state index is 5.36. The Kier molecular flexibility index (Phi) is 3.12. The average molecular weight is 235 g/mol. The topological polar surface area (TPSA) is 27.3 Å². The van der Waals surface area contributed by atoms with Gasteiger partial charge in [0.1, 0.15) is 5.66 Å². The van der Waals surface area contributed by atoms with Crippen LogP contribution in [0.25, 0.3) is 0 Å². The van der Waals surface area contributed by atoms with Crippen LogP contribution in [0, 0.1) is 0 Å². The Bertz CT molecular complexity index is 373. The first-order chi connectivity index (χ1) is 7.71. The van der Waals surface area contributed by atoms with Crippen LogP contribution in [0.4, 0.5) is 5.69 Å². The lowest BCUT2D eigenvalue weighted by Gasteiger charge is -2.27. The molecule has 0 radical (unpaired) electrons. The molecule has 1 saturated heterocycles. The second kappa shape index (κ2) is 4.39. The molecule has 86 valence electrons. The highest BCUT2D eigenvalue weighted by molar-refractivity contribution is 7.80. The zero-order chi connectivity index (χ0) is 11.6. The van der Waals surface area contributed by atoms with Gasteiger partial charge >= 0.3 is 0 Å². The van der Waals surface area contributed by atoms with Crippen molar-refractivity contribution >= 4 is 23.0 Å². The number of para-hydroxylation sites is 1. The Labute approximate surface area is 102 Å². The van der Waals surface area contributed by atoms with Gasteiger partial charge in [-0.3, -0.25) is 5.01 Å². The van der Waals surface area contributed by atoms with Crippen LogP contribution in [0.15, 0.2) is 30.3 Å². The zero-order valence-electron chi connectivity index (χ0n) is 9.66. The van der Waals surface area contributed by atoms with Crippen LogP contribution in [0.2, 0.25) is 0 Å². The minimum atomic E-state index is -0.0904. The smallest absolute Gasteiger partial charge is 0.189 e. The predicted octanol–water partition coefficient (Wildman–Crippen LogP) is 2.40. The largest absolute Gasteiger partial charge is 0.342 e. The summed E-state index contributed by atoms with van der Waals surface area (Å²) in [5.74, 6) is 0. The first-order valence-electron chi connectivity index (χ1n) is 5.66. The molecule has 1 aromatic rings. The number of hydrogen-bond acceptors (Lipinski definition) is 2. The fraction of sp³-hybridized carbons (Fsp3) is 0.417. The molecular formula is C12H17N3S. The van der Waals surface area contributed by atoms with Gasteiger partial charge < -0.3 is 5.32 Å². The van der Waals surface area contributed by atoms with Crippen LogP contribution in [-0.2, 0) is 0 Å². The molecule has 1 fully saturated rings. The van der Waals surface area contributed by atoms with Crippen LogP contribution in [0.3, 0.4) is 0 Å². The highest BCUT2D eigenvalue weighted by Gasteiger charge is 2.37. The minimum Gasteiger partial charge on any atom is -0.342 e. The zero-order valence-corrected chi connectivity index (χ0v) is 10.5. The fourth-order valence-electron chi connectivity index (χ4n) is 1.90. The van der Waals surface area contributed by atoms with Crippen LogP contribution in [0.5, 0.6) is 0 Å². The summed E-state index contributed by atoms with van der Waals surface area (Å²) in [6.45, 7) is 4.31. The van der Waals surface area contributed by atoms with Crippen molar-refractivity contribution in [1.82, 2.24) is 10.7 Å². The number of anilines is 1. The third kappa shape index (κ3) is 1.90. The monoisotopic (exact) mass is 235 g/mol. The Morgan fingerprint density at radius 3 is 2.31 bits per heavy atom. The summed E-state index contributed by atoms with van der Waals surface area (Å²) >= 11 is 5.36. The maximum absolute atomic E-state index is 5.36. The standard InChI is InChI=1S/C12H17N3S/c1-3-12(4-2)13-11(16)15(14-12)10-8-6-5-7-9-10/h5-9,14H,3-4H2,1-2H3,(H,13,16). The Morgan fingerprint density at radius 1 is 1.19 bits per heavy atom. The van der Waals surface area contributed by atoms with Crippen molar-refractivity contribution in [3.63, 3.8) is 0 Å². The quantitative estimate of drug-likeness (QED) is 0.787. The van der Waals surface area contributed by atoms with Gasteiger partial charge in [0.15, 0.2) is 5.11 Å². The maximum Gasteiger partial charge on any atom is 0.189 e. The number of nitrogens with zero attached hydrogens (tertiary/aromatic N) is 1. The molecule has 1 heterocycles. The van der Waals surface area contributed by atoms with Crippen molar-refractivity contribution in [2.75, 3.05) is 5.01 Å². The lowest BCUT2D eigenvalue weighted by molar-refractivity contribution is 0.315. The minimum absolute atomic E-state index is 0.0904. The van der Waals surface area contributed by atoms with E-state index in [0.717, 1.165) is 23.6 Å². The molecule has 0 spiro atoms. The van der Waals surface area contributed by atoms with Gasteiger partial charge in [-0.2, -0.15) is 0 Å². The van der Waals surface area contributed by atoms with Crippen LogP contribution >= 0.6 is 12.2 Å². The first-order valence-corrected chi connectivity index (χ1v) is 6.07. The molecular weight excluding hydrogens is 218 g/mol. The molecule has 1 aliphatic rings. The molecule has 1 aliphatic heterocycles. The Hall–Kier alpha value is -1.13. The van der Waals surface area contributed by atoms with E-state index in [2.05, 4.69) is 24.6 Å². The van der Waals surface area contributed by atoms with E-state index in [4.69, 9.17) is 12.2 Å². The number of benzene rings is 1. The van der Waals surface area contributed by atoms with Crippen LogP contribution in [-0.4, -0.2) is 10.8 Å². The van der Waals surface area contributed by atoms with Gasteiger partial charge in [0.05, 0.1) is 5.69 Å². The number of rotatable bonds is 3. The van der Waals surface area contributed by atoms with Crippen molar-refractivity contribution in [2.24, 2.45) is 0 Å². The van der Waals surface area contributed by atoms with Crippen molar-refractivity contribution in [2.45, 2.75) is 32.4 Å². The lowest BCUT2D eigenvalue weighted by atomic mass is 10.1. The molecule has 16 heavy (non-hydrogen) atoms. The van der Waals surface area contributed by atoms with E-state index in [-0.39, 0.29) is 5.66 Å². The third-order valence-corrected chi connectivity index (χ3v) is 3.38. The van der Waals surface area contributed by atoms with E-state index in [0.29, 0.717) is 0 Å². The van der Waals surface area contributed by atoms with Gasteiger partial charge in [-0.1, -0.05) is 32.0 Å². The van der Waals surface area contributed by atoms with Gasteiger partial charge in [0, 0.05) is 0 Å². The fourth-order valence-corrected chi connectivity index (χ4v) is 2.24. The molecule has 0 bridgehead atoms. The Balaban J connectivity index is 2.23. The van der Waals surface area contributed by atoms with Gasteiger partial charge in [-0.15, -0.1) is 0 Å². The molecule has 3 nitrogen and oxygen atoms in total. The predicted molar refractivity (Wildman–Crippen MR) is 71.1 cm³/mol. The summed E-state index contributed by atoms with van der Waals surface area (Å²) in [7, 11) is 0. The summed E-state index contributed by atoms with van der Waals surface area (Å²) in [5.41, 5.74) is 4.43. The second-order valence-corrected chi connectivity index (χ2v) is 4.39. The average Bonchev–Trinajstić information content (AvgIpc) is 2.69. The lowest BCUT2D eigenvalue weighted by Crippen LogP contribution is -2.50. The molecule has 2 rings (SSSR count). The van der Waals surface area contributed by atoms with Gasteiger partial charge in [0.2, 0.25) is 0 Å². The van der Waals surface area contributed by atoms with Crippen LogP contribution < -0.4 is 15.8 Å². The summed E-state index contributed by atoms with van der Waals surface area (Å²) in [5, 5.41) is 6.05. The molecule has 0 aliphatic carbocycles. The number of nitrogens with one attached hydrogen (secondary N) is 2. The highest BCUT2D eigenvalue weighted by Crippen LogP contribution is 2.23. The van der Waals surface area contributed by atoms with Crippen molar-refractivity contribution < 1.29 is 0 Å². The SMILES string of the molecule is CCC1(CC)NC(=S)N(c2ccccc2)N1. The van der Waals surface area contributed by atoms with Crippen molar-refractivity contribution in [1.29, 1.82) is 0 Å². The molecule has 0 atom stereocenters. The van der Waals surface area contributed by atoms with E-state index in [1.165, 1.54) is 0 Å². The molecule has 0 aromatic heterocycles. The van der Waals surface area contributed by atoms with E-state index in [9.17, 15) is 0 Å². The molecule has 4 heteroatoms. The molecule has 0 saturated carbocycles. The Morgan fingerprint density at radius 2 is 1.81 bits per heavy atom. The molecule has 0 amide bonds. The number of hydrazine groups is 1. The number of hydrogen-bond donors (Lipinski definition) is 2. The van der Waals surface area contributed by atoms with E-state index < -0.39 is 0 Å². The van der Waals surface area contributed by atoms with E-state index >= 15 is 0 Å². The van der Waals surface area contributed by atoms with Gasteiger partial charge in [-0.05, 0) is 37.2 Å². The van der Waals surface area contributed by atoms with E-state index in [1.807, 2.05) is 35.3 Å². The summed E-state index contributed by atoms with van der Waals surface area (Å²) in [6, 6.07) is 10.1. The highest BCUT2D eigenvalue weighted by atomic mass is 32.1. The van der Waals surface area contributed by atoms with Crippen molar-refractivity contribution in [3.8, 4) is 0 Å². The molecule has 0 unspecified atom stereocenters. The summed E-state index contributed by atoms with van der Waals surface area (Å²) in [6.07, 6.45) is 1.99. The van der Waals surface area contributed by atoms with Gasteiger partial charge in [-0.25, -0.2) is 5.43 Å². The van der Waals surface area contributed by atoms with Gasteiger partial charge in [0.25, 0.3) is 0 Å². The van der Waals surface area contributed by atoms with Crippen LogP contribution in [0.1, 0.15) is 26.7 Å². The summed E-state index contributed by atoms with van der Waals surface area (Å²) in [4.78, 5) is 0. The second-order valence-electron chi connectivity index (χ2n) is 4.00.